The number of hydrogen-bond donors (Lipinski definition) is 0. The van der Waals surface area contributed by atoms with Crippen molar-refractivity contribution in [2.45, 2.75) is 39.5 Å². The van der Waals surface area contributed by atoms with E-state index in [0.717, 1.165) is 27.3 Å². The Balaban J connectivity index is 0.00000210. The molecule has 0 fully saturated rings. The molecule has 0 N–H and O–H groups in total. The summed E-state index contributed by atoms with van der Waals surface area (Å²) in [4.78, 5) is 8.98. The Bertz CT molecular complexity index is 1040. The Morgan fingerprint density at radius 1 is 1.04 bits per heavy atom. The van der Waals surface area contributed by atoms with Crippen molar-refractivity contribution in [2.24, 2.45) is 0 Å². The number of aromatic nitrogens is 4. The summed E-state index contributed by atoms with van der Waals surface area (Å²) in [5.41, 5.74) is 7.43. The molecule has 0 aliphatic rings. The molecule has 2 aromatic heterocycles. The number of fused-ring (bicyclic) bond motifs is 1. The summed E-state index contributed by atoms with van der Waals surface area (Å²) in [6, 6.07) is 13.9. The van der Waals surface area contributed by atoms with Gasteiger partial charge in [0.2, 0.25) is 0 Å². The number of rotatable bonds is 4. The third kappa shape index (κ3) is 3.62. The van der Waals surface area contributed by atoms with E-state index in [0.29, 0.717) is 11.8 Å². The van der Waals surface area contributed by atoms with Gasteiger partial charge in [-0.3, -0.25) is 14.6 Å². The molecule has 0 spiro atoms. The van der Waals surface area contributed by atoms with Crippen LogP contribution in [0.3, 0.4) is 0 Å². The van der Waals surface area contributed by atoms with Crippen LogP contribution in [0, 0.1) is 6.07 Å². The molecule has 27 heavy (non-hydrogen) atoms. The Morgan fingerprint density at radius 3 is 2.41 bits per heavy atom. The molecule has 0 bridgehead atoms. The van der Waals surface area contributed by atoms with Gasteiger partial charge in [0.15, 0.2) is 0 Å². The van der Waals surface area contributed by atoms with E-state index in [2.05, 4.69) is 67.0 Å². The Labute approximate surface area is 177 Å². The maximum absolute atomic E-state index is 4.58. The van der Waals surface area contributed by atoms with Gasteiger partial charge in [0.1, 0.15) is 6.33 Å². The summed E-state index contributed by atoms with van der Waals surface area (Å²) in [5, 5.41) is 4.58. The van der Waals surface area contributed by atoms with Crippen molar-refractivity contribution < 1.29 is 20.1 Å². The monoisotopic (exact) mass is 554 g/mol. The molecule has 0 amide bonds. The maximum Gasteiger partial charge on any atom is 0.127 e. The summed E-state index contributed by atoms with van der Waals surface area (Å²) in [6.07, 6.45) is 1.62. The van der Waals surface area contributed by atoms with E-state index in [1.54, 1.807) is 17.7 Å². The van der Waals surface area contributed by atoms with Gasteiger partial charge in [0.25, 0.3) is 0 Å². The molecule has 6 heteroatoms. The van der Waals surface area contributed by atoms with Gasteiger partial charge >= 0.3 is 0 Å². The second-order valence-corrected chi connectivity index (χ2v) is 7.92. The van der Waals surface area contributed by atoms with Crippen LogP contribution in [-0.4, -0.2) is 19.7 Å². The van der Waals surface area contributed by atoms with Crippen LogP contribution in [0.1, 0.15) is 50.7 Å². The molecule has 2 heterocycles. The van der Waals surface area contributed by atoms with E-state index in [1.807, 2.05) is 22.3 Å². The van der Waals surface area contributed by atoms with Gasteiger partial charge in [-0.1, -0.05) is 45.9 Å². The fraction of sp³-hybridized carbons (Fsp3) is 0.286. The van der Waals surface area contributed by atoms with Gasteiger partial charge in [-0.25, -0.2) is 0 Å². The summed E-state index contributed by atoms with van der Waals surface area (Å²) >= 11 is 1.62. The van der Waals surface area contributed by atoms with Gasteiger partial charge in [0, 0.05) is 20.1 Å². The van der Waals surface area contributed by atoms with Crippen LogP contribution in [0.25, 0.3) is 27.3 Å². The summed E-state index contributed by atoms with van der Waals surface area (Å²) < 4.78 is 3.10. The first-order valence-corrected chi connectivity index (χ1v) is 9.72. The van der Waals surface area contributed by atoms with Crippen molar-refractivity contribution in [3.63, 3.8) is 0 Å². The molecule has 0 saturated carbocycles. The van der Waals surface area contributed by atoms with E-state index >= 15 is 0 Å². The Hall–Kier alpha value is -1.88. The van der Waals surface area contributed by atoms with Crippen molar-refractivity contribution in [3.8, 4) is 17.1 Å². The molecule has 0 unspecified atom stereocenters. The van der Waals surface area contributed by atoms with Gasteiger partial charge in [0.05, 0.1) is 17.0 Å². The zero-order valence-corrected chi connectivity index (χ0v) is 18.9. The Morgan fingerprint density at radius 2 is 1.74 bits per heavy atom. The zero-order chi connectivity index (χ0) is 18.3. The summed E-state index contributed by atoms with van der Waals surface area (Å²) in [5.74, 6) is 1.59. The SMILES string of the molecule is CC(C)c1cccc(C(C)C)c1-n1ncnc1-c1[c-]cc2scnc2c1.[Ir]. The average molecular weight is 554 g/mol. The fourth-order valence-electron chi connectivity index (χ4n) is 3.28. The Kier molecular flexibility index (Phi) is 5.89. The minimum Gasteiger partial charge on any atom is -0.265 e. The van der Waals surface area contributed by atoms with E-state index in [1.165, 1.54) is 11.1 Å². The normalized spacial score (nSPS) is 11.3. The fourth-order valence-corrected chi connectivity index (χ4v) is 3.92. The zero-order valence-electron chi connectivity index (χ0n) is 15.7. The van der Waals surface area contributed by atoms with Gasteiger partial charge < -0.3 is 0 Å². The first-order valence-electron chi connectivity index (χ1n) is 8.84. The molecule has 0 aliphatic heterocycles. The smallest absolute Gasteiger partial charge is 0.127 e. The standard InChI is InChI=1S/C21H21N4S.Ir/c1-13(2)16-6-5-7-17(14(3)4)20(16)25-21(22-11-24-25)15-8-9-19-18(10-15)23-12-26-19;/h5-7,9-14H,1-4H3;/q-1;. The second kappa shape index (κ2) is 8.01. The summed E-state index contributed by atoms with van der Waals surface area (Å²) in [6.45, 7) is 8.86. The third-order valence-corrected chi connectivity index (χ3v) is 5.40. The molecule has 2 aromatic carbocycles. The quantitative estimate of drug-likeness (QED) is 0.310. The first kappa shape index (κ1) is 19.9. The number of hydrogen-bond acceptors (Lipinski definition) is 4. The van der Waals surface area contributed by atoms with Gasteiger partial charge in [-0.2, -0.15) is 16.4 Å². The summed E-state index contributed by atoms with van der Waals surface area (Å²) in [7, 11) is 0. The van der Waals surface area contributed by atoms with Crippen molar-refractivity contribution in [3.05, 3.63) is 59.4 Å². The number of nitrogens with zero attached hydrogens (tertiary/aromatic N) is 4. The molecule has 4 nitrogen and oxygen atoms in total. The molecule has 4 aromatic rings. The van der Waals surface area contributed by atoms with E-state index < -0.39 is 0 Å². The van der Waals surface area contributed by atoms with Crippen LogP contribution >= 0.6 is 11.3 Å². The third-order valence-electron chi connectivity index (χ3n) is 4.61. The molecular formula is C21H21IrN4S-. The molecule has 141 valence electrons. The van der Waals surface area contributed by atoms with Crippen molar-refractivity contribution in [1.29, 1.82) is 0 Å². The van der Waals surface area contributed by atoms with E-state index in [9.17, 15) is 0 Å². The van der Waals surface area contributed by atoms with Crippen LogP contribution in [0.2, 0.25) is 0 Å². The maximum atomic E-state index is 4.58. The number of thiazole rings is 1. The number of para-hydroxylation sites is 1. The average Bonchev–Trinajstić information content (AvgIpc) is 3.29. The van der Waals surface area contributed by atoms with Gasteiger partial charge in [-0.05, 0) is 33.2 Å². The molecular weight excluding hydrogens is 533 g/mol. The minimum atomic E-state index is 0. The first-order chi connectivity index (χ1) is 12.6. The van der Waals surface area contributed by atoms with Crippen molar-refractivity contribution in [1.82, 2.24) is 19.7 Å². The van der Waals surface area contributed by atoms with Crippen LogP contribution in [0.4, 0.5) is 0 Å². The largest absolute Gasteiger partial charge is 0.265 e. The van der Waals surface area contributed by atoms with E-state index in [-0.39, 0.29) is 20.1 Å². The van der Waals surface area contributed by atoms with Gasteiger partial charge in [-0.15, -0.1) is 23.8 Å². The molecule has 0 saturated heterocycles. The molecule has 4 rings (SSSR count). The minimum absolute atomic E-state index is 0. The molecule has 1 radical (unpaired) electrons. The van der Waals surface area contributed by atoms with Crippen LogP contribution < -0.4 is 0 Å². The van der Waals surface area contributed by atoms with Crippen molar-refractivity contribution in [2.75, 3.05) is 0 Å². The van der Waals surface area contributed by atoms with Crippen LogP contribution in [-0.2, 0) is 20.1 Å². The second-order valence-electron chi connectivity index (χ2n) is 7.04. The molecule has 0 aliphatic carbocycles. The van der Waals surface area contributed by atoms with Crippen LogP contribution in [0.15, 0.2) is 42.2 Å². The van der Waals surface area contributed by atoms with Crippen molar-refractivity contribution >= 4 is 21.6 Å². The predicted molar refractivity (Wildman–Crippen MR) is 107 cm³/mol. The van der Waals surface area contributed by atoms with Crippen LogP contribution in [0.5, 0.6) is 0 Å². The number of benzene rings is 2. The topological polar surface area (TPSA) is 43.6 Å². The van der Waals surface area contributed by atoms with E-state index in [4.69, 9.17) is 0 Å². The predicted octanol–water partition coefficient (Wildman–Crippen LogP) is 5.59. The molecule has 0 atom stereocenters.